The lowest BCUT2D eigenvalue weighted by Gasteiger charge is -2.14. The van der Waals surface area contributed by atoms with E-state index in [-0.39, 0.29) is 36.8 Å². The molecule has 3 amide bonds. The number of nitrogens with zero attached hydrogens (tertiary/aromatic N) is 1. The lowest BCUT2D eigenvalue weighted by molar-refractivity contribution is -0.123. The first-order valence-electron chi connectivity index (χ1n) is 12.4. The number of carbonyl (C=O) groups is 3. The number of nitrogens with one attached hydrogen (secondary N) is 1. The largest absolute Gasteiger partial charge is 0.493 e. The van der Waals surface area contributed by atoms with Crippen LogP contribution in [0, 0.1) is 20.8 Å². The zero-order valence-electron chi connectivity index (χ0n) is 22.3. The number of para-hydroxylation sites is 1. The minimum atomic E-state index is -0.373. The predicted octanol–water partition coefficient (Wildman–Crippen LogP) is 5.75. The summed E-state index contributed by atoms with van der Waals surface area (Å²) in [6.07, 6.45) is 1.63. The lowest BCUT2D eigenvalue weighted by Crippen LogP contribution is -2.32. The maximum Gasteiger partial charge on any atom is 0.293 e. The van der Waals surface area contributed by atoms with E-state index in [4.69, 9.17) is 14.2 Å². The molecule has 1 saturated heterocycles. The second-order valence-electron chi connectivity index (χ2n) is 9.01. The van der Waals surface area contributed by atoms with Crippen LogP contribution in [0.15, 0.2) is 65.6 Å². The zero-order valence-corrected chi connectivity index (χ0v) is 23.1. The third kappa shape index (κ3) is 7.00. The van der Waals surface area contributed by atoms with Gasteiger partial charge in [0.25, 0.3) is 17.1 Å². The molecule has 3 aromatic carbocycles. The topological polar surface area (TPSA) is 94.2 Å². The molecule has 0 unspecified atom stereocenters. The van der Waals surface area contributed by atoms with Gasteiger partial charge in [0, 0.05) is 5.69 Å². The summed E-state index contributed by atoms with van der Waals surface area (Å²) in [5.74, 6) is 0.840. The average Bonchev–Trinajstić information content (AvgIpc) is 3.18. The maximum atomic E-state index is 12.9. The van der Waals surface area contributed by atoms with Crippen molar-refractivity contribution in [3.05, 3.63) is 87.8 Å². The summed E-state index contributed by atoms with van der Waals surface area (Å²) >= 11 is 0.880. The smallest absolute Gasteiger partial charge is 0.293 e. The van der Waals surface area contributed by atoms with Crippen molar-refractivity contribution in [1.29, 1.82) is 0 Å². The fraction of sp³-hybridized carbons (Fsp3) is 0.233. The predicted molar refractivity (Wildman–Crippen MR) is 152 cm³/mol. The number of hydrogen-bond acceptors (Lipinski definition) is 7. The van der Waals surface area contributed by atoms with Gasteiger partial charge in [-0.2, -0.15) is 0 Å². The fourth-order valence-electron chi connectivity index (χ4n) is 3.89. The van der Waals surface area contributed by atoms with E-state index >= 15 is 0 Å². The molecule has 1 aliphatic rings. The van der Waals surface area contributed by atoms with Crippen molar-refractivity contribution in [1.82, 2.24) is 4.90 Å². The van der Waals surface area contributed by atoms with Gasteiger partial charge in [0.2, 0.25) is 0 Å². The van der Waals surface area contributed by atoms with Crippen molar-refractivity contribution in [3.63, 3.8) is 0 Å². The number of hydrogen-bond donors (Lipinski definition) is 1. The van der Waals surface area contributed by atoms with Crippen molar-refractivity contribution in [2.45, 2.75) is 20.8 Å². The van der Waals surface area contributed by atoms with Crippen molar-refractivity contribution >= 4 is 40.6 Å². The first-order valence-corrected chi connectivity index (χ1v) is 13.2. The summed E-state index contributed by atoms with van der Waals surface area (Å²) in [4.78, 5) is 39.3. The number of ether oxygens (including phenoxy) is 3. The number of rotatable bonds is 10. The van der Waals surface area contributed by atoms with Crippen LogP contribution in [0.1, 0.15) is 22.3 Å². The van der Waals surface area contributed by atoms with E-state index < -0.39 is 0 Å². The first kappa shape index (κ1) is 27.8. The van der Waals surface area contributed by atoms with Crippen LogP contribution in [0.4, 0.5) is 10.5 Å². The van der Waals surface area contributed by atoms with E-state index in [9.17, 15) is 14.4 Å². The summed E-state index contributed by atoms with van der Waals surface area (Å²) in [7, 11) is 1.49. The molecule has 202 valence electrons. The summed E-state index contributed by atoms with van der Waals surface area (Å²) in [5, 5.41) is 2.47. The van der Waals surface area contributed by atoms with Crippen LogP contribution in [-0.2, 0) is 9.59 Å². The maximum absolute atomic E-state index is 12.9. The quantitative estimate of drug-likeness (QED) is 0.324. The van der Waals surface area contributed by atoms with Crippen LogP contribution in [0.5, 0.6) is 17.2 Å². The number of aryl methyl sites for hydroxylation is 3. The Bertz CT molecular complexity index is 1430. The Hall–Kier alpha value is -4.24. The highest BCUT2D eigenvalue weighted by atomic mass is 32.2. The number of amides is 3. The van der Waals surface area contributed by atoms with Crippen LogP contribution < -0.4 is 19.5 Å². The molecule has 0 spiro atoms. The van der Waals surface area contributed by atoms with E-state index in [0.29, 0.717) is 22.0 Å². The van der Waals surface area contributed by atoms with Crippen LogP contribution in [0.3, 0.4) is 0 Å². The highest BCUT2D eigenvalue weighted by molar-refractivity contribution is 8.18. The van der Waals surface area contributed by atoms with Gasteiger partial charge in [-0.3, -0.25) is 19.3 Å². The molecule has 4 rings (SSSR count). The monoisotopic (exact) mass is 546 g/mol. The van der Waals surface area contributed by atoms with Gasteiger partial charge in [-0.25, -0.2) is 0 Å². The Morgan fingerprint density at radius 1 is 0.923 bits per heavy atom. The minimum absolute atomic E-state index is 0.149. The second kappa shape index (κ2) is 12.5. The number of thioether (sulfide) groups is 1. The molecule has 1 N–H and O–H groups in total. The Morgan fingerprint density at radius 3 is 2.49 bits per heavy atom. The standard InChI is InChI=1S/C30H30N2O6S/c1-19-9-10-21(3)25(15-19)37-14-13-32-29(34)27(39-30(32)35)17-22-11-12-24(26(16-22)36-4)38-18-28(33)31-23-8-6-5-7-20(23)2/h5-12,15-17H,13-14,18H2,1-4H3,(H,31,33)/b27-17-. The van der Waals surface area contributed by atoms with Gasteiger partial charge in [0.15, 0.2) is 18.1 Å². The normalized spacial score (nSPS) is 14.1. The molecule has 0 radical (unpaired) electrons. The molecular weight excluding hydrogens is 516 g/mol. The number of benzene rings is 3. The van der Waals surface area contributed by atoms with Crippen LogP contribution in [-0.4, -0.2) is 48.8 Å². The van der Waals surface area contributed by atoms with Gasteiger partial charge in [-0.1, -0.05) is 36.4 Å². The molecule has 0 saturated carbocycles. The number of anilines is 1. The Balaban J connectivity index is 1.36. The third-order valence-electron chi connectivity index (χ3n) is 6.05. The molecule has 0 bridgehead atoms. The molecule has 1 fully saturated rings. The molecule has 0 aromatic heterocycles. The SMILES string of the molecule is COc1cc(/C=C2\SC(=O)N(CCOc3cc(C)ccc3C)C2=O)ccc1OCC(=O)Nc1ccccc1C. The highest BCUT2D eigenvalue weighted by Crippen LogP contribution is 2.34. The highest BCUT2D eigenvalue weighted by Gasteiger charge is 2.34. The molecule has 0 aliphatic carbocycles. The third-order valence-corrected chi connectivity index (χ3v) is 6.96. The average molecular weight is 547 g/mol. The van der Waals surface area contributed by atoms with Crippen LogP contribution in [0.25, 0.3) is 6.08 Å². The van der Waals surface area contributed by atoms with Gasteiger partial charge < -0.3 is 19.5 Å². The Morgan fingerprint density at radius 2 is 1.72 bits per heavy atom. The number of carbonyl (C=O) groups excluding carboxylic acids is 3. The minimum Gasteiger partial charge on any atom is -0.493 e. The van der Waals surface area contributed by atoms with E-state index in [0.717, 1.165) is 39.9 Å². The van der Waals surface area contributed by atoms with Gasteiger partial charge in [-0.05, 0) is 85.1 Å². The second-order valence-corrected chi connectivity index (χ2v) is 10.0. The molecule has 1 heterocycles. The van der Waals surface area contributed by atoms with Crippen molar-refractivity contribution in [2.75, 3.05) is 32.2 Å². The fourth-order valence-corrected chi connectivity index (χ4v) is 4.75. The Kier molecular flexibility index (Phi) is 8.93. The number of imide groups is 1. The van der Waals surface area contributed by atoms with Gasteiger partial charge in [0.05, 0.1) is 18.6 Å². The molecular formula is C30H30N2O6S. The molecule has 3 aromatic rings. The lowest BCUT2D eigenvalue weighted by atomic mass is 10.1. The van der Waals surface area contributed by atoms with Gasteiger partial charge in [0.1, 0.15) is 12.4 Å². The van der Waals surface area contributed by atoms with Crippen molar-refractivity contribution < 1.29 is 28.6 Å². The summed E-state index contributed by atoms with van der Waals surface area (Å²) in [6, 6.07) is 18.5. The summed E-state index contributed by atoms with van der Waals surface area (Å²) < 4.78 is 16.9. The molecule has 9 heteroatoms. The molecule has 0 atom stereocenters. The van der Waals surface area contributed by atoms with E-state index in [1.807, 2.05) is 63.2 Å². The van der Waals surface area contributed by atoms with E-state index in [2.05, 4.69) is 5.32 Å². The van der Waals surface area contributed by atoms with Crippen LogP contribution >= 0.6 is 11.8 Å². The van der Waals surface area contributed by atoms with Crippen LogP contribution in [0.2, 0.25) is 0 Å². The Labute approximate surface area is 231 Å². The zero-order chi connectivity index (χ0) is 27.9. The van der Waals surface area contributed by atoms with E-state index in [1.54, 1.807) is 24.3 Å². The van der Waals surface area contributed by atoms with E-state index in [1.165, 1.54) is 12.0 Å². The summed E-state index contributed by atoms with van der Waals surface area (Å²) in [6.45, 7) is 5.98. The van der Waals surface area contributed by atoms with Crippen molar-refractivity contribution in [3.8, 4) is 17.2 Å². The summed E-state index contributed by atoms with van der Waals surface area (Å²) in [5.41, 5.74) is 4.39. The van der Waals surface area contributed by atoms with Gasteiger partial charge >= 0.3 is 0 Å². The molecule has 39 heavy (non-hydrogen) atoms. The number of methoxy groups -OCH3 is 1. The molecule has 8 nitrogen and oxygen atoms in total. The van der Waals surface area contributed by atoms with Crippen molar-refractivity contribution in [2.24, 2.45) is 0 Å². The first-order chi connectivity index (χ1) is 18.7. The van der Waals surface area contributed by atoms with Gasteiger partial charge in [-0.15, -0.1) is 0 Å². The molecule has 1 aliphatic heterocycles.